The van der Waals surface area contributed by atoms with E-state index in [4.69, 9.17) is 10.5 Å². The molecule has 0 saturated heterocycles. The Morgan fingerprint density at radius 2 is 1.95 bits per heavy atom. The van der Waals surface area contributed by atoms with Crippen LogP contribution in [0.15, 0.2) is 47.4 Å². The van der Waals surface area contributed by atoms with Crippen LogP contribution < -0.4 is 15.8 Å². The SMILES string of the molecule is CCOc1cccc(N)c1C(=O)Nc1ccc(SC)cc1. The molecule has 0 aromatic heterocycles. The number of ether oxygens (including phenoxy) is 1. The second-order valence-corrected chi connectivity index (χ2v) is 5.22. The normalized spacial score (nSPS) is 10.2. The van der Waals surface area contributed by atoms with E-state index in [1.807, 2.05) is 37.4 Å². The predicted molar refractivity (Wildman–Crippen MR) is 88.2 cm³/mol. The highest BCUT2D eigenvalue weighted by Crippen LogP contribution is 2.26. The van der Waals surface area contributed by atoms with Gasteiger partial charge < -0.3 is 15.8 Å². The van der Waals surface area contributed by atoms with Gasteiger partial charge in [-0.2, -0.15) is 0 Å². The van der Waals surface area contributed by atoms with Gasteiger partial charge in [-0.25, -0.2) is 0 Å². The molecule has 3 N–H and O–H groups in total. The Bertz CT molecular complexity index is 627. The molecule has 110 valence electrons. The van der Waals surface area contributed by atoms with Crippen LogP contribution in [0, 0.1) is 0 Å². The number of nitrogen functional groups attached to an aromatic ring is 1. The number of anilines is 2. The molecule has 0 aliphatic carbocycles. The largest absolute Gasteiger partial charge is 0.493 e. The molecular formula is C16H18N2O2S. The topological polar surface area (TPSA) is 64.3 Å². The Hall–Kier alpha value is -2.14. The van der Waals surface area contributed by atoms with Crippen molar-refractivity contribution in [2.45, 2.75) is 11.8 Å². The fraction of sp³-hybridized carbons (Fsp3) is 0.188. The van der Waals surface area contributed by atoms with Crippen molar-refractivity contribution in [2.24, 2.45) is 0 Å². The number of thioether (sulfide) groups is 1. The van der Waals surface area contributed by atoms with E-state index in [1.54, 1.807) is 30.0 Å². The molecule has 21 heavy (non-hydrogen) atoms. The molecule has 0 aliphatic heterocycles. The van der Waals surface area contributed by atoms with Crippen LogP contribution in [0.5, 0.6) is 5.75 Å². The van der Waals surface area contributed by atoms with E-state index in [-0.39, 0.29) is 5.91 Å². The molecule has 2 aromatic rings. The van der Waals surface area contributed by atoms with Crippen molar-refractivity contribution in [1.82, 2.24) is 0 Å². The molecule has 5 heteroatoms. The second-order valence-electron chi connectivity index (χ2n) is 4.34. The van der Waals surface area contributed by atoms with Crippen molar-refractivity contribution in [3.05, 3.63) is 48.0 Å². The van der Waals surface area contributed by atoms with E-state index in [0.717, 1.165) is 10.6 Å². The number of rotatable bonds is 5. The van der Waals surface area contributed by atoms with Gasteiger partial charge in [-0.1, -0.05) is 6.07 Å². The summed E-state index contributed by atoms with van der Waals surface area (Å²) >= 11 is 1.65. The highest BCUT2D eigenvalue weighted by atomic mass is 32.2. The van der Waals surface area contributed by atoms with Gasteiger partial charge in [0.2, 0.25) is 0 Å². The predicted octanol–water partition coefficient (Wildman–Crippen LogP) is 3.64. The van der Waals surface area contributed by atoms with Crippen LogP contribution in [0.1, 0.15) is 17.3 Å². The first kappa shape index (κ1) is 15.3. The third-order valence-electron chi connectivity index (χ3n) is 2.93. The van der Waals surface area contributed by atoms with Crippen LogP contribution in [0.2, 0.25) is 0 Å². The van der Waals surface area contributed by atoms with Gasteiger partial charge in [0.05, 0.1) is 6.61 Å². The fourth-order valence-corrected chi connectivity index (χ4v) is 2.34. The number of nitrogens with one attached hydrogen (secondary N) is 1. The van der Waals surface area contributed by atoms with Gasteiger partial charge in [0.25, 0.3) is 5.91 Å². The van der Waals surface area contributed by atoms with E-state index >= 15 is 0 Å². The van der Waals surface area contributed by atoms with Gasteiger partial charge in [-0.3, -0.25) is 4.79 Å². The zero-order chi connectivity index (χ0) is 15.2. The molecule has 1 amide bonds. The average molecular weight is 302 g/mol. The van der Waals surface area contributed by atoms with Crippen molar-refractivity contribution in [3.63, 3.8) is 0 Å². The van der Waals surface area contributed by atoms with E-state index in [0.29, 0.717) is 23.6 Å². The van der Waals surface area contributed by atoms with E-state index < -0.39 is 0 Å². The van der Waals surface area contributed by atoms with Crippen molar-refractivity contribution in [1.29, 1.82) is 0 Å². The zero-order valence-corrected chi connectivity index (χ0v) is 12.9. The molecule has 2 rings (SSSR count). The molecule has 0 bridgehead atoms. The lowest BCUT2D eigenvalue weighted by Crippen LogP contribution is -2.15. The molecule has 0 atom stereocenters. The molecule has 0 unspecified atom stereocenters. The third-order valence-corrected chi connectivity index (χ3v) is 3.68. The maximum atomic E-state index is 12.4. The lowest BCUT2D eigenvalue weighted by molar-refractivity contribution is 0.102. The Labute approximate surface area is 128 Å². The number of hydrogen-bond donors (Lipinski definition) is 2. The average Bonchev–Trinajstić information content (AvgIpc) is 2.48. The molecule has 2 aromatic carbocycles. The first-order valence-electron chi connectivity index (χ1n) is 6.62. The Kier molecular flexibility index (Phi) is 5.11. The highest BCUT2D eigenvalue weighted by Gasteiger charge is 2.16. The quantitative estimate of drug-likeness (QED) is 0.654. The van der Waals surface area contributed by atoms with Gasteiger partial charge in [0.1, 0.15) is 11.3 Å². The number of hydrogen-bond acceptors (Lipinski definition) is 4. The molecule has 4 nitrogen and oxygen atoms in total. The number of nitrogens with two attached hydrogens (primary N) is 1. The number of benzene rings is 2. The van der Waals surface area contributed by atoms with Crippen molar-refractivity contribution < 1.29 is 9.53 Å². The molecule has 0 heterocycles. The summed E-state index contributed by atoms with van der Waals surface area (Å²) in [6.45, 7) is 2.35. The van der Waals surface area contributed by atoms with Gasteiger partial charge in [-0.15, -0.1) is 11.8 Å². The van der Waals surface area contributed by atoms with Crippen LogP contribution in [0.3, 0.4) is 0 Å². The summed E-state index contributed by atoms with van der Waals surface area (Å²) in [4.78, 5) is 13.5. The van der Waals surface area contributed by atoms with Gasteiger partial charge in [0.15, 0.2) is 0 Å². The smallest absolute Gasteiger partial charge is 0.261 e. The summed E-state index contributed by atoms with van der Waals surface area (Å²) in [5.41, 5.74) is 7.40. The number of amides is 1. The molecule has 0 radical (unpaired) electrons. The Morgan fingerprint density at radius 1 is 1.24 bits per heavy atom. The summed E-state index contributed by atoms with van der Waals surface area (Å²) in [6.07, 6.45) is 2.01. The lowest BCUT2D eigenvalue weighted by Gasteiger charge is -2.13. The minimum absolute atomic E-state index is 0.270. The van der Waals surface area contributed by atoms with Crippen LogP contribution in [0.25, 0.3) is 0 Å². The minimum atomic E-state index is -0.270. The van der Waals surface area contributed by atoms with Crippen LogP contribution in [-0.2, 0) is 0 Å². The molecule has 0 fully saturated rings. The lowest BCUT2D eigenvalue weighted by atomic mass is 10.1. The summed E-state index contributed by atoms with van der Waals surface area (Å²) in [6, 6.07) is 12.8. The monoisotopic (exact) mass is 302 g/mol. The van der Waals surface area contributed by atoms with Gasteiger partial charge in [-0.05, 0) is 49.6 Å². The van der Waals surface area contributed by atoms with Gasteiger partial charge in [0, 0.05) is 16.3 Å². The van der Waals surface area contributed by atoms with Gasteiger partial charge >= 0.3 is 0 Å². The molecule has 0 aliphatic rings. The standard InChI is InChI=1S/C16H18N2O2S/c1-3-20-14-6-4-5-13(17)15(14)16(19)18-11-7-9-12(21-2)10-8-11/h4-10H,3,17H2,1-2H3,(H,18,19). The van der Waals surface area contributed by atoms with Crippen molar-refractivity contribution in [3.8, 4) is 5.75 Å². The Morgan fingerprint density at radius 3 is 2.57 bits per heavy atom. The summed E-state index contributed by atoms with van der Waals surface area (Å²) in [7, 11) is 0. The van der Waals surface area contributed by atoms with E-state index in [1.165, 1.54) is 0 Å². The maximum Gasteiger partial charge on any atom is 0.261 e. The zero-order valence-electron chi connectivity index (χ0n) is 12.1. The van der Waals surface area contributed by atoms with Crippen molar-refractivity contribution >= 4 is 29.0 Å². The third kappa shape index (κ3) is 3.70. The fourth-order valence-electron chi connectivity index (χ4n) is 1.93. The molecule has 0 spiro atoms. The van der Waals surface area contributed by atoms with Crippen molar-refractivity contribution in [2.75, 3.05) is 23.9 Å². The summed E-state index contributed by atoms with van der Waals surface area (Å²) < 4.78 is 5.47. The maximum absolute atomic E-state index is 12.4. The number of carbonyl (C=O) groups is 1. The summed E-state index contributed by atoms with van der Waals surface area (Å²) in [5.74, 6) is 0.226. The second kappa shape index (κ2) is 7.04. The molecular weight excluding hydrogens is 284 g/mol. The van der Waals surface area contributed by atoms with E-state index in [2.05, 4.69) is 5.32 Å². The number of carbonyl (C=O) groups excluding carboxylic acids is 1. The van der Waals surface area contributed by atoms with Crippen LogP contribution in [0.4, 0.5) is 11.4 Å². The highest BCUT2D eigenvalue weighted by molar-refractivity contribution is 7.98. The molecule has 0 saturated carbocycles. The van der Waals surface area contributed by atoms with E-state index in [9.17, 15) is 4.79 Å². The summed E-state index contributed by atoms with van der Waals surface area (Å²) in [5, 5.41) is 2.84. The minimum Gasteiger partial charge on any atom is -0.493 e. The van der Waals surface area contributed by atoms with Crippen LogP contribution in [-0.4, -0.2) is 18.8 Å². The first-order chi connectivity index (χ1) is 10.2. The van der Waals surface area contributed by atoms with Crippen LogP contribution >= 0.6 is 11.8 Å². The Balaban J connectivity index is 2.23. The first-order valence-corrected chi connectivity index (χ1v) is 7.85.